The van der Waals surface area contributed by atoms with Crippen molar-refractivity contribution in [2.24, 2.45) is 11.7 Å². The summed E-state index contributed by atoms with van der Waals surface area (Å²) < 4.78 is 0. The van der Waals surface area contributed by atoms with Gasteiger partial charge in [-0.1, -0.05) is 45.0 Å². The molecule has 1 aromatic carbocycles. The molecule has 3 N–H and O–H groups in total. The number of hydrogen-bond acceptors (Lipinski definition) is 2. The van der Waals surface area contributed by atoms with Crippen molar-refractivity contribution < 1.29 is 0 Å². The number of nitrogens with zero attached hydrogens (tertiary/aromatic N) is 1. The van der Waals surface area contributed by atoms with E-state index < -0.39 is 0 Å². The van der Waals surface area contributed by atoms with Crippen LogP contribution in [0.4, 0.5) is 0 Å². The Hall–Kier alpha value is -1.61. The van der Waals surface area contributed by atoms with E-state index in [2.05, 4.69) is 61.3 Å². The first-order valence-corrected chi connectivity index (χ1v) is 7.47. The van der Waals surface area contributed by atoms with E-state index in [1.807, 2.05) is 0 Å². The SMILES string of the molecule is CCC(N)Cc1cc(-c2ccc(CC(C)C)cc2)n[nH]1. The zero-order chi connectivity index (χ0) is 14.5. The molecule has 0 aliphatic rings. The number of nitrogens with two attached hydrogens (primary N) is 1. The normalized spacial score (nSPS) is 12.8. The van der Waals surface area contributed by atoms with Gasteiger partial charge in [-0.3, -0.25) is 5.10 Å². The lowest BCUT2D eigenvalue weighted by molar-refractivity contribution is 0.635. The van der Waals surface area contributed by atoms with Gasteiger partial charge >= 0.3 is 0 Å². The van der Waals surface area contributed by atoms with E-state index in [-0.39, 0.29) is 6.04 Å². The van der Waals surface area contributed by atoms with E-state index in [1.165, 1.54) is 5.56 Å². The van der Waals surface area contributed by atoms with Crippen LogP contribution in [0.2, 0.25) is 0 Å². The molecule has 0 bridgehead atoms. The summed E-state index contributed by atoms with van der Waals surface area (Å²) in [4.78, 5) is 0. The molecule has 2 rings (SSSR count). The van der Waals surface area contributed by atoms with Crippen LogP contribution in [0.15, 0.2) is 30.3 Å². The van der Waals surface area contributed by atoms with Crippen molar-refractivity contribution >= 4 is 0 Å². The lowest BCUT2D eigenvalue weighted by Gasteiger charge is -2.05. The first-order valence-electron chi connectivity index (χ1n) is 7.47. The monoisotopic (exact) mass is 271 g/mol. The van der Waals surface area contributed by atoms with Crippen molar-refractivity contribution in [3.8, 4) is 11.3 Å². The van der Waals surface area contributed by atoms with Gasteiger partial charge in [0.05, 0.1) is 5.69 Å². The zero-order valence-electron chi connectivity index (χ0n) is 12.7. The molecule has 108 valence electrons. The third kappa shape index (κ3) is 3.94. The molecular formula is C17H25N3. The predicted octanol–water partition coefficient (Wildman–Crippen LogP) is 3.56. The Kier molecular flexibility index (Phi) is 4.96. The fourth-order valence-electron chi connectivity index (χ4n) is 2.32. The highest BCUT2D eigenvalue weighted by Gasteiger charge is 2.07. The average Bonchev–Trinajstić information content (AvgIpc) is 2.87. The molecular weight excluding hydrogens is 246 g/mol. The second-order valence-corrected chi connectivity index (χ2v) is 5.95. The van der Waals surface area contributed by atoms with E-state index in [0.29, 0.717) is 5.92 Å². The maximum atomic E-state index is 5.97. The van der Waals surface area contributed by atoms with E-state index in [0.717, 1.165) is 36.2 Å². The Morgan fingerprint density at radius 1 is 1.15 bits per heavy atom. The Balaban J connectivity index is 2.08. The third-order valence-electron chi connectivity index (χ3n) is 3.53. The summed E-state index contributed by atoms with van der Waals surface area (Å²) in [5.41, 5.74) is 10.6. The van der Waals surface area contributed by atoms with Crippen LogP contribution in [0.3, 0.4) is 0 Å². The van der Waals surface area contributed by atoms with Gasteiger partial charge in [0.1, 0.15) is 0 Å². The standard InChI is InChI=1S/C17H25N3/c1-4-15(18)10-16-11-17(20-19-16)14-7-5-13(6-8-14)9-12(2)3/h5-8,11-12,15H,4,9-10,18H2,1-3H3,(H,19,20). The Labute approximate surface area is 121 Å². The van der Waals surface area contributed by atoms with Gasteiger partial charge in [-0.15, -0.1) is 0 Å². The summed E-state index contributed by atoms with van der Waals surface area (Å²) in [5.74, 6) is 0.688. The zero-order valence-corrected chi connectivity index (χ0v) is 12.7. The molecule has 0 spiro atoms. The van der Waals surface area contributed by atoms with E-state index in [1.54, 1.807) is 0 Å². The molecule has 0 amide bonds. The summed E-state index contributed by atoms with van der Waals surface area (Å²) >= 11 is 0. The lowest BCUT2D eigenvalue weighted by atomic mass is 10.0. The molecule has 0 radical (unpaired) electrons. The molecule has 1 unspecified atom stereocenters. The third-order valence-corrected chi connectivity index (χ3v) is 3.53. The van der Waals surface area contributed by atoms with Gasteiger partial charge in [-0.05, 0) is 30.4 Å². The molecule has 2 aromatic rings. The molecule has 0 saturated carbocycles. The Bertz CT molecular complexity index is 525. The minimum Gasteiger partial charge on any atom is -0.327 e. The van der Waals surface area contributed by atoms with Gasteiger partial charge in [0, 0.05) is 23.7 Å². The molecule has 0 aliphatic heterocycles. The van der Waals surface area contributed by atoms with Crippen LogP contribution in [0.5, 0.6) is 0 Å². The van der Waals surface area contributed by atoms with Gasteiger partial charge in [-0.2, -0.15) is 5.10 Å². The number of rotatable bonds is 6. The van der Waals surface area contributed by atoms with E-state index in [9.17, 15) is 0 Å². The fraction of sp³-hybridized carbons (Fsp3) is 0.471. The molecule has 20 heavy (non-hydrogen) atoms. The summed E-state index contributed by atoms with van der Waals surface area (Å²) in [6.07, 6.45) is 2.96. The predicted molar refractivity (Wildman–Crippen MR) is 84.5 cm³/mol. The van der Waals surface area contributed by atoms with Gasteiger partial charge in [0.2, 0.25) is 0 Å². The van der Waals surface area contributed by atoms with Crippen LogP contribution in [-0.2, 0) is 12.8 Å². The molecule has 1 heterocycles. The summed E-state index contributed by atoms with van der Waals surface area (Å²) in [6.45, 7) is 6.59. The van der Waals surface area contributed by atoms with Crippen LogP contribution in [-0.4, -0.2) is 16.2 Å². The number of nitrogens with one attached hydrogen (secondary N) is 1. The van der Waals surface area contributed by atoms with Crippen LogP contribution in [0, 0.1) is 5.92 Å². The van der Waals surface area contributed by atoms with Crippen LogP contribution >= 0.6 is 0 Å². The molecule has 1 atom stereocenters. The minimum atomic E-state index is 0.205. The molecule has 0 saturated heterocycles. The maximum Gasteiger partial charge on any atom is 0.0923 e. The second-order valence-electron chi connectivity index (χ2n) is 5.95. The van der Waals surface area contributed by atoms with Crippen LogP contribution < -0.4 is 5.73 Å². The highest BCUT2D eigenvalue weighted by atomic mass is 15.1. The number of aromatic nitrogens is 2. The largest absolute Gasteiger partial charge is 0.327 e. The average molecular weight is 271 g/mol. The summed E-state index contributed by atoms with van der Waals surface area (Å²) in [7, 11) is 0. The molecule has 0 fully saturated rings. The summed E-state index contributed by atoms with van der Waals surface area (Å²) in [5, 5.41) is 7.47. The van der Waals surface area contributed by atoms with Crippen molar-refractivity contribution in [2.75, 3.05) is 0 Å². The fourth-order valence-corrected chi connectivity index (χ4v) is 2.32. The molecule has 3 heteroatoms. The maximum absolute atomic E-state index is 5.97. The number of aromatic amines is 1. The second kappa shape index (κ2) is 6.71. The van der Waals surface area contributed by atoms with Crippen molar-refractivity contribution in [1.29, 1.82) is 0 Å². The van der Waals surface area contributed by atoms with Crippen LogP contribution in [0.1, 0.15) is 38.4 Å². The van der Waals surface area contributed by atoms with Crippen molar-refractivity contribution in [2.45, 2.75) is 46.1 Å². The van der Waals surface area contributed by atoms with E-state index in [4.69, 9.17) is 5.73 Å². The quantitative estimate of drug-likeness (QED) is 0.844. The van der Waals surface area contributed by atoms with Crippen molar-refractivity contribution in [3.63, 3.8) is 0 Å². The highest BCUT2D eigenvalue weighted by molar-refractivity contribution is 5.59. The Morgan fingerprint density at radius 3 is 2.45 bits per heavy atom. The first kappa shape index (κ1) is 14.8. The molecule has 1 aromatic heterocycles. The smallest absolute Gasteiger partial charge is 0.0923 e. The first-order chi connectivity index (χ1) is 9.58. The van der Waals surface area contributed by atoms with Gasteiger partial charge < -0.3 is 5.73 Å². The topological polar surface area (TPSA) is 54.7 Å². The Morgan fingerprint density at radius 2 is 1.85 bits per heavy atom. The van der Waals surface area contributed by atoms with Gasteiger partial charge in [0.25, 0.3) is 0 Å². The highest BCUT2D eigenvalue weighted by Crippen LogP contribution is 2.20. The number of H-pyrrole nitrogens is 1. The van der Waals surface area contributed by atoms with Gasteiger partial charge in [-0.25, -0.2) is 0 Å². The minimum absolute atomic E-state index is 0.205. The number of hydrogen-bond donors (Lipinski definition) is 2. The molecule has 3 nitrogen and oxygen atoms in total. The van der Waals surface area contributed by atoms with Crippen LogP contribution in [0.25, 0.3) is 11.3 Å². The van der Waals surface area contributed by atoms with E-state index >= 15 is 0 Å². The number of benzene rings is 1. The van der Waals surface area contributed by atoms with Crippen molar-refractivity contribution in [1.82, 2.24) is 10.2 Å². The lowest BCUT2D eigenvalue weighted by Crippen LogP contribution is -2.21. The van der Waals surface area contributed by atoms with Crippen molar-refractivity contribution in [3.05, 3.63) is 41.6 Å². The van der Waals surface area contributed by atoms with Gasteiger partial charge in [0.15, 0.2) is 0 Å². The summed E-state index contributed by atoms with van der Waals surface area (Å²) in [6, 6.07) is 11.0. The molecule has 0 aliphatic carbocycles.